The highest BCUT2D eigenvalue weighted by Gasteiger charge is 2.26. The number of nitrogen functional groups attached to an aromatic ring is 1. The Morgan fingerprint density at radius 2 is 2.17 bits per heavy atom. The van der Waals surface area contributed by atoms with Crippen LogP contribution in [0.1, 0.15) is 38.8 Å². The first-order valence-electron chi connectivity index (χ1n) is 6.57. The van der Waals surface area contributed by atoms with Gasteiger partial charge < -0.3 is 15.8 Å². The second kappa shape index (κ2) is 7.34. The van der Waals surface area contributed by atoms with Crippen molar-refractivity contribution < 1.29 is 4.74 Å². The van der Waals surface area contributed by atoms with E-state index in [1.807, 2.05) is 12.3 Å². The molecule has 3 N–H and O–H groups in total. The average molecular weight is 251 g/mol. The summed E-state index contributed by atoms with van der Waals surface area (Å²) in [7, 11) is 1.75. The maximum atomic E-state index is 6.05. The van der Waals surface area contributed by atoms with Crippen molar-refractivity contribution in [2.75, 3.05) is 19.4 Å². The first kappa shape index (κ1) is 14.9. The monoisotopic (exact) mass is 251 g/mol. The van der Waals surface area contributed by atoms with Crippen LogP contribution in [0.25, 0.3) is 0 Å². The molecule has 0 spiro atoms. The lowest BCUT2D eigenvalue weighted by molar-refractivity contribution is 0.0328. The highest BCUT2D eigenvalue weighted by Crippen LogP contribution is 2.27. The number of ether oxygens (including phenoxy) is 1. The van der Waals surface area contributed by atoms with Gasteiger partial charge in [-0.25, -0.2) is 0 Å². The van der Waals surface area contributed by atoms with Crippen molar-refractivity contribution in [1.82, 2.24) is 10.3 Å². The number of hydrogen-bond acceptors (Lipinski definition) is 4. The summed E-state index contributed by atoms with van der Waals surface area (Å²) in [5.74, 6) is 0.406. The maximum Gasteiger partial charge on any atom is 0.0790 e. The lowest BCUT2D eigenvalue weighted by atomic mass is 9.93. The van der Waals surface area contributed by atoms with Crippen LogP contribution >= 0.6 is 0 Å². The molecule has 0 aliphatic rings. The van der Waals surface area contributed by atoms with Gasteiger partial charge in [-0.2, -0.15) is 0 Å². The topological polar surface area (TPSA) is 60.2 Å². The van der Waals surface area contributed by atoms with Crippen LogP contribution in [0, 0.1) is 5.92 Å². The number of rotatable bonds is 7. The van der Waals surface area contributed by atoms with Crippen LogP contribution in [0.5, 0.6) is 0 Å². The largest absolute Gasteiger partial charge is 0.398 e. The average Bonchev–Trinajstić information content (AvgIpc) is 2.35. The van der Waals surface area contributed by atoms with Crippen molar-refractivity contribution in [1.29, 1.82) is 0 Å². The third-order valence-corrected chi connectivity index (χ3v) is 3.09. The van der Waals surface area contributed by atoms with Gasteiger partial charge in [0.05, 0.1) is 12.1 Å². The summed E-state index contributed by atoms with van der Waals surface area (Å²) in [6.45, 7) is 7.39. The van der Waals surface area contributed by atoms with E-state index in [4.69, 9.17) is 10.5 Å². The third-order valence-electron chi connectivity index (χ3n) is 3.09. The Morgan fingerprint density at radius 3 is 2.67 bits per heavy atom. The van der Waals surface area contributed by atoms with Crippen LogP contribution in [-0.4, -0.2) is 24.7 Å². The summed E-state index contributed by atoms with van der Waals surface area (Å²) in [6.07, 6.45) is 4.71. The van der Waals surface area contributed by atoms with Gasteiger partial charge in [0.2, 0.25) is 0 Å². The van der Waals surface area contributed by atoms with Crippen LogP contribution in [-0.2, 0) is 4.74 Å². The van der Waals surface area contributed by atoms with Gasteiger partial charge in [-0.1, -0.05) is 20.8 Å². The molecule has 0 saturated heterocycles. The van der Waals surface area contributed by atoms with E-state index < -0.39 is 0 Å². The zero-order chi connectivity index (χ0) is 13.5. The summed E-state index contributed by atoms with van der Waals surface area (Å²) < 4.78 is 5.63. The van der Waals surface area contributed by atoms with Crippen LogP contribution < -0.4 is 11.1 Å². The Kier molecular flexibility index (Phi) is 6.09. The van der Waals surface area contributed by atoms with Crippen molar-refractivity contribution in [3.63, 3.8) is 0 Å². The lowest BCUT2D eigenvalue weighted by Gasteiger charge is -2.30. The number of pyridine rings is 1. The molecule has 4 heteroatoms. The van der Waals surface area contributed by atoms with Crippen molar-refractivity contribution in [3.05, 3.63) is 24.0 Å². The van der Waals surface area contributed by atoms with Gasteiger partial charge in [-0.3, -0.25) is 4.98 Å². The Balaban J connectivity index is 3.00. The van der Waals surface area contributed by atoms with E-state index in [-0.39, 0.29) is 12.1 Å². The van der Waals surface area contributed by atoms with Gasteiger partial charge in [0, 0.05) is 30.8 Å². The molecule has 18 heavy (non-hydrogen) atoms. The van der Waals surface area contributed by atoms with Gasteiger partial charge in [0.15, 0.2) is 0 Å². The minimum absolute atomic E-state index is 0.0862. The standard InChI is InChI=1S/C14H25N3O/c1-5-7-17-13(14(18-4)10(2)3)11-9-16-8-6-12(11)15/h6,8-10,13-14,17H,5,7H2,1-4H3,(H2,15,16). The van der Waals surface area contributed by atoms with Crippen molar-refractivity contribution >= 4 is 5.69 Å². The molecular weight excluding hydrogens is 226 g/mol. The normalized spacial score (nSPS) is 14.7. The summed E-state index contributed by atoms with van der Waals surface area (Å²) in [5.41, 5.74) is 7.84. The van der Waals surface area contributed by atoms with Crippen molar-refractivity contribution in [3.8, 4) is 0 Å². The quantitative estimate of drug-likeness (QED) is 0.781. The molecule has 0 fully saturated rings. The number of nitrogens with one attached hydrogen (secondary N) is 1. The van der Waals surface area contributed by atoms with Gasteiger partial charge in [0.25, 0.3) is 0 Å². The lowest BCUT2D eigenvalue weighted by Crippen LogP contribution is -2.37. The second-order valence-corrected chi connectivity index (χ2v) is 4.88. The van der Waals surface area contributed by atoms with Crippen LogP contribution in [0.4, 0.5) is 5.69 Å². The van der Waals surface area contributed by atoms with Crippen molar-refractivity contribution in [2.24, 2.45) is 5.92 Å². The molecule has 0 bridgehead atoms. The van der Waals surface area contributed by atoms with E-state index in [9.17, 15) is 0 Å². The minimum Gasteiger partial charge on any atom is -0.398 e. The molecule has 0 aliphatic heterocycles. The molecule has 1 rings (SSSR count). The number of methoxy groups -OCH3 is 1. The summed E-state index contributed by atoms with van der Waals surface area (Å²) in [4.78, 5) is 4.17. The maximum absolute atomic E-state index is 6.05. The molecule has 2 atom stereocenters. The van der Waals surface area contributed by atoms with Gasteiger partial charge >= 0.3 is 0 Å². The Labute approximate surface area is 110 Å². The highest BCUT2D eigenvalue weighted by atomic mass is 16.5. The third kappa shape index (κ3) is 3.68. The van der Waals surface area contributed by atoms with Gasteiger partial charge in [0.1, 0.15) is 0 Å². The number of nitrogens with two attached hydrogens (primary N) is 1. The summed E-state index contributed by atoms with van der Waals surface area (Å²) >= 11 is 0. The van der Waals surface area contributed by atoms with Crippen LogP contribution in [0.3, 0.4) is 0 Å². The Hall–Kier alpha value is -1.13. The minimum atomic E-state index is 0.0862. The van der Waals surface area contributed by atoms with E-state index >= 15 is 0 Å². The van der Waals surface area contributed by atoms with E-state index in [1.165, 1.54) is 0 Å². The Bertz CT molecular complexity index is 355. The number of anilines is 1. The van der Waals surface area contributed by atoms with E-state index in [0.29, 0.717) is 5.92 Å². The van der Waals surface area contributed by atoms with Gasteiger partial charge in [-0.15, -0.1) is 0 Å². The number of hydrogen-bond donors (Lipinski definition) is 2. The zero-order valence-corrected chi connectivity index (χ0v) is 11.8. The van der Waals surface area contributed by atoms with Gasteiger partial charge in [-0.05, 0) is 24.9 Å². The molecule has 0 aromatic carbocycles. The van der Waals surface area contributed by atoms with Crippen LogP contribution in [0.15, 0.2) is 18.5 Å². The number of nitrogens with zero attached hydrogens (tertiary/aromatic N) is 1. The SMILES string of the molecule is CCCNC(c1cnccc1N)C(OC)C(C)C. The molecular formula is C14H25N3O. The molecule has 102 valence electrons. The highest BCUT2D eigenvalue weighted by molar-refractivity contribution is 5.46. The fourth-order valence-electron chi connectivity index (χ4n) is 2.17. The second-order valence-electron chi connectivity index (χ2n) is 4.88. The molecule has 2 unspecified atom stereocenters. The van der Waals surface area contributed by atoms with Crippen molar-refractivity contribution in [2.45, 2.75) is 39.3 Å². The summed E-state index contributed by atoms with van der Waals surface area (Å²) in [6, 6.07) is 1.92. The first-order valence-corrected chi connectivity index (χ1v) is 6.57. The fourth-order valence-corrected chi connectivity index (χ4v) is 2.17. The molecule has 1 aromatic rings. The molecule has 0 saturated carbocycles. The van der Waals surface area contributed by atoms with E-state index in [2.05, 4.69) is 31.1 Å². The first-order chi connectivity index (χ1) is 8.61. The zero-order valence-electron chi connectivity index (χ0n) is 11.8. The van der Waals surface area contributed by atoms with E-state index in [1.54, 1.807) is 13.3 Å². The molecule has 0 radical (unpaired) electrons. The smallest absolute Gasteiger partial charge is 0.0790 e. The molecule has 0 amide bonds. The van der Waals surface area contributed by atoms with Crippen LogP contribution in [0.2, 0.25) is 0 Å². The Morgan fingerprint density at radius 1 is 1.44 bits per heavy atom. The molecule has 4 nitrogen and oxygen atoms in total. The predicted octanol–water partition coefficient (Wildman–Crippen LogP) is 2.38. The molecule has 1 heterocycles. The fraction of sp³-hybridized carbons (Fsp3) is 0.643. The number of aromatic nitrogens is 1. The predicted molar refractivity (Wildman–Crippen MR) is 75.3 cm³/mol. The summed E-state index contributed by atoms with van der Waals surface area (Å²) in [5, 5.41) is 3.51. The van der Waals surface area contributed by atoms with E-state index in [0.717, 1.165) is 24.2 Å². The molecule has 0 aliphatic carbocycles. The molecule has 1 aromatic heterocycles.